The highest BCUT2D eigenvalue weighted by atomic mass is 16.5. The zero-order valence-corrected chi connectivity index (χ0v) is 24.2. The van der Waals surface area contributed by atoms with Crippen molar-refractivity contribution in [2.75, 3.05) is 13.7 Å². The molecule has 1 amide bonds. The van der Waals surface area contributed by atoms with Crippen LogP contribution in [0.3, 0.4) is 0 Å². The highest BCUT2D eigenvalue weighted by molar-refractivity contribution is 5.98. The number of carbonyl (C=O) groups excluding carboxylic acids is 1. The van der Waals surface area contributed by atoms with E-state index < -0.39 is 5.97 Å². The third-order valence-corrected chi connectivity index (χ3v) is 7.49. The first-order chi connectivity index (χ1) is 20.4. The smallest absolute Gasteiger partial charge is 0.336 e. The number of para-hydroxylation sites is 1. The predicted octanol–water partition coefficient (Wildman–Crippen LogP) is 6.69. The average Bonchev–Trinajstić information content (AvgIpc) is 3.35. The second kappa shape index (κ2) is 12.7. The monoisotopic (exact) mass is 561 g/mol. The highest BCUT2D eigenvalue weighted by Crippen LogP contribution is 2.27. The molecule has 1 aromatic heterocycles. The van der Waals surface area contributed by atoms with E-state index in [0.29, 0.717) is 30.6 Å². The van der Waals surface area contributed by atoms with Crippen LogP contribution < -0.4 is 10.1 Å². The lowest BCUT2D eigenvalue weighted by molar-refractivity contribution is 0.0697. The van der Waals surface area contributed by atoms with Gasteiger partial charge in [-0.1, -0.05) is 67.6 Å². The van der Waals surface area contributed by atoms with Crippen molar-refractivity contribution in [2.24, 2.45) is 0 Å². The maximum Gasteiger partial charge on any atom is 0.336 e. The lowest BCUT2D eigenvalue weighted by Crippen LogP contribution is -2.26. The van der Waals surface area contributed by atoms with Crippen molar-refractivity contribution in [2.45, 2.75) is 39.7 Å². The van der Waals surface area contributed by atoms with Gasteiger partial charge in [0.25, 0.3) is 5.91 Å². The Morgan fingerprint density at radius 3 is 2.43 bits per heavy atom. The number of aromatic nitrogens is 2. The highest BCUT2D eigenvalue weighted by Gasteiger charge is 2.17. The molecule has 4 aromatic carbocycles. The Bertz CT molecular complexity index is 1740. The second-order valence-electron chi connectivity index (χ2n) is 10.4. The van der Waals surface area contributed by atoms with E-state index in [4.69, 9.17) is 9.72 Å². The number of aromatic carboxylic acids is 1. The lowest BCUT2D eigenvalue weighted by Gasteiger charge is -2.12. The van der Waals surface area contributed by atoms with Crippen LogP contribution in [0.25, 0.3) is 22.2 Å². The number of carboxylic acids is 1. The van der Waals surface area contributed by atoms with Crippen molar-refractivity contribution in [3.05, 3.63) is 119 Å². The standard InChI is InChI=1S/C35H35N3O4/c1-4-9-32-37-33-23(2)20-27(34(39)36-19-18-26-10-5-8-13-31(26)42-3)21-30(33)38(32)22-24-14-16-25(17-15-24)28-11-6-7-12-29(28)35(40)41/h5-8,10-17,20-21H,4,9,18-19,22H2,1-3H3,(H,36,39)(H,40,41). The molecule has 0 aliphatic rings. The van der Waals surface area contributed by atoms with Gasteiger partial charge in [0.15, 0.2) is 0 Å². The molecular weight excluding hydrogens is 526 g/mol. The van der Waals surface area contributed by atoms with Crippen LogP contribution in [0, 0.1) is 6.92 Å². The molecule has 1 heterocycles. The zero-order chi connectivity index (χ0) is 29.6. The Kier molecular flexibility index (Phi) is 8.67. The van der Waals surface area contributed by atoms with Crippen molar-refractivity contribution in [1.82, 2.24) is 14.9 Å². The number of imidazole rings is 1. The molecule has 0 saturated carbocycles. The number of ether oxygens (including phenoxy) is 1. The molecule has 0 unspecified atom stereocenters. The topological polar surface area (TPSA) is 93.5 Å². The summed E-state index contributed by atoms with van der Waals surface area (Å²) in [6.45, 7) is 5.21. The molecule has 0 radical (unpaired) electrons. The Hall–Kier alpha value is -4.91. The Morgan fingerprint density at radius 2 is 1.69 bits per heavy atom. The number of methoxy groups -OCH3 is 1. The molecule has 5 rings (SSSR count). The number of benzene rings is 4. The Labute approximate surface area is 245 Å². The molecule has 0 aliphatic heterocycles. The van der Waals surface area contributed by atoms with Gasteiger partial charge in [0.2, 0.25) is 0 Å². The van der Waals surface area contributed by atoms with Gasteiger partial charge in [-0.15, -0.1) is 0 Å². The predicted molar refractivity (Wildman–Crippen MR) is 165 cm³/mol. The summed E-state index contributed by atoms with van der Waals surface area (Å²) in [5, 5.41) is 12.7. The van der Waals surface area contributed by atoms with Crippen LogP contribution in [0.1, 0.15) is 56.6 Å². The fraction of sp³-hybridized carbons (Fsp3) is 0.229. The number of fused-ring (bicyclic) bond motifs is 1. The summed E-state index contributed by atoms with van der Waals surface area (Å²) in [5.41, 5.74) is 7.31. The summed E-state index contributed by atoms with van der Waals surface area (Å²) < 4.78 is 7.63. The minimum absolute atomic E-state index is 0.124. The number of carboxylic acid groups (broad SMARTS) is 1. The minimum Gasteiger partial charge on any atom is -0.496 e. The molecule has 5 aromatic rings. The fourth-order valence-electron chi connectivity index (χ4n) is 5.38. The molecule has 0 saturated heterocycles. The van der Waals surface area contributed by atoms with E-state index in [9.17, 15) is 14.7 Å². The third kappa shape index (κ3) is 6.05. The van der Waals surface area contributed by atoms with Crippen LogP contribution in [-0.4, -0.2) is 40.2 Å². The van der Waals surface area contributed by atoms with Crippen LogP contribution in [0.5, 0.6) is 5.75 Å². The summed E-state index contributed by atoms with van der Waals surface area (Å²) in [6.07, 6.45) is 2.44. The van der Waals surface area contributed by atoms with Crippen molar-refractivity contribution in [3.63, 3.8) is 0 Å². The van der Waals surface area contributed by atoms with E-state index in [1.807, 2.05) is 79.7 Å². The van der Waals surface area contributed by atoms with Crippen LogP contribution in [-0.2, 0) is 19.4 Å². The van der Waals surface area contributed by atoms with Gasteiger partial charge in [0.05, 0.1) is 23.7 Å². The third-order valence-electron chi connectivity index (χ3n) is 7.49. The van der Waals surface area contributed by atoms with Gasteiger partial charge in [-0.05, 0) is 71.8 Å². The first kappa shape index (κ1) is 28.6. The van der Waals surface area contributed by atoms with Crippen molar-refractivity contribution in [1.29, 1.82) is 0 Å². The number of hydrogen-bond acceptors (Lipinski definition) is 4. The summed E-state index contributed by atoms with van der Waals surface area (Å²) >= 11 is 0. The fourth-order valence-corrected chi connectivity index (χ4v) is 5.38. The largest absolute Gasteiger partial charge is 0.496 e. The van der Waals surface area contributed by atoms with Gasteiger partial charge in [-0.2, -0.15) is 0 Å². The molecule has 0 bridgehead atoms. The van der Waals surface area contributed by atoms with E-state index in [2.05, 4.69) is 16.8 Å². The van der Waals surface area contributed by atoms with Gasteiger partial charge in [0, 0.05) is 25.1 Å². The summed E-state index contributed by atoms with van der Waals surface area (Å²) in [7, 11) is 1.65. The van der Waals surface area contributed by atoms with Gasteiger partial charge in [-0.25, -0.2) is 9.78 Å². The van der Waals surface area contributed by atoms with E-state index in [0.717, 1.165) is 57.7 Å². The Balaban J connectivity index is 1.40. The molecule has 2 N–H and O–H groups in total. The molecule has 214 valence electrons. The number of nitrogens with one attached hydrogen (secondary N) is 1. The number of rotatable bonds is 11. The SMILES string of the molecule is CCCc1nc2c(C)cc(C(=O)NCCc3ccccc3OC)cc2n1Cc1ccc(-c2ccccc2C(=O)O)cc1. The molecule has 0 spiro atoms. The van der Waals surface area contributed by atoms with Gasteiger partial charge in [-0.3, -0.25) is 4.79 Å². The number of amides is 1. The van der Waals surface area contributed by atoms with Gasteiger partial charge < -0.3 is 19.7 Å². The number of aryl methyl sites for hydroxylation is 2. The van der Waals surface area contributed by atoms with E-state index in [1.165, 1.54) is 0 Å². The molecule has 7 nitrogen and oxygen atoms in total. The van der Waals surface area contributed by atoms with Gasteiger partial charge >= 0.3 is 5.97 Å². The van der Waals surface area contributed by atoms with Crippen LogP contribution in [0.4, 0.5) is 0 Å². The van der Waals surface area contributed by atoms with Crippen molar-refractivity contribution in [3.8, 4) is 16.9 Å². The first-order valence-corrected chi connectivity index (χ1v) is 14.2. The van der Waals surface area contributed by atoms with E-state index in [-0.39, 0.29) is 11.5 Å². The lowest BCUT2D eigenvalue weighted by atomic mass is 9.98. The van der Waals surface area contributed by atoms with Crippen LogP contribution in [0.15, 0.2) is 84.9 Å². The van der Waals surface area contributed by atoms with Crippen LogP contribution in [0.2, 0.25) is 0 Å². The Morgan fingerprint density at radius 1 is 0.952 bits per heavy atom. The molecular formula is C35H35N3O4. The van der Waals surface area contributed by atoms with Crippen molar-refractivity contribution >= 4 is 22.9 Å². The number of carbonyl (C=O) groups is 2. The van der Waals surface area contributed by atoms with Crippen molar-refractivity contribution < 1.29 is 19.4 Å². The van der Waals surface area contributed by atoms with Gasteiger partial charge in [0.1, 0.15) is 11.6 Å². The van der Waals surface area contributed by atoms with E-state index in [1.54, 1.807) is 19.2 Å². The van der Waals surface area contributed by atoms with E-state index >= 15 is 0 Å². The molecule has 0 atom stereocenters. The molecule has 7 heteroatoms. The summed E-state index contributed by atoms with van der Waals surface area (Å²) in [5.74, 6) is 0.722. The average molecular weight is 562 g/mol. The number of hydrogen-bond donors (Lipinski definition) is 2. The quantitative estimate of drug-likeness (QED) is 0.187. The summed E-state index contributed by atoms with van der Waals surface area (Å²) in [6, 6.07) is 26.7. The second-order valence-corrected chi connectivity index (χ2v) is 10.4. The maximum atomic E-state index is 13.2. The van der Waals surface area contributed by atoms with Crippen LogP contribution >= 0.6 is 0 Å². The normalized spacial score (nSPS) is 11.0. The first-order valence-electron chi connectivity index (χ1n) is 14.2. The molecule has 0 fully saturated rings. The molecule has 42 heavy (non-hydrogen) atoms. The maximum absolute atomic E-state index is 13.2. The summed E-state index contributed by atoms with van der Waals surface area (Å²) in [4.78, 5) is 29.9. The minimum atomic E-state index is -0.946. The zero-order valence-electron chi connectivity index (χ0n) is 24.2. The number of nitrogens with zero attached hydrogens (tertiary/aromatic N) is 2. The molecule has 0 aliphatic carbocycles.